The second kappa shape index (κ2) is 7.22. The number of nitrogens with zero attached hydrogens (tertiary/aromatic N) is 1. The lowest BCUT2D eigenvalue weighted by molar-refractivity contribution is -0.150. The van der Waals surface area contributed by atoms with Crippen LogP contribution in [0.5, 0.6) is 0 Å². The van der Waals surface area contributed by atoms with Crippen LogP contribution in [0.4, 0.5) is 0 Å². The van der Waals surface area contributed by atoms with E-state index in [4.69, 9.17) is 10.5 Å². The molecule has 1 amide bonds. The average molecular weight is 230 g/mol. The molecule has 0 aromatic carbocycles. The summed E-state index contributed by atoms with van der Waals surface area (Å²) < 4.78 is 4.81. The minimum atomic E-state index is -0.380. The molecular formula is C11H22N2O3. The first kappa shape index (κ1) is 14.9. The summed E-state index contributed by atoms with van der Waals surface area (Å²) in [6, 6.07) is -0.230. The summed E-state index contributed by atoms with van der Waals surface area (Å²) in [6.45, 7) is 7.54. The summed E-state index contributed by atoms with van der Waals surface area (Å²) in [4.78, 5) is 24.6. The zero-order valence-corrected chi connectivity index (χ0v) is 10.5. The molecule has 0 rings (SSSR count). The second-order valence-corrected chi connectivity index (χ2v) is 4.10. The first-order valence-corrected chi connectivity index (χ1v) is 5.59. The lowest BCUT2D eigenvalue weighted by atomic mass is 10.2. The van der Waals surface area contributed by atoms with Crippen molar-refractivity contribution in [2.24, 2.45) is 5.73 Å². The number of nitrogens with two attached hydrogens (primary N) is 1. The fourth-order valence-corrected chi connectivity index (χ4v) is 1.30. The van der Waals surface area contributed by atoms with Crippen LogP contribution in [0.2, 0.25) is 0 Å². The molecule has 0 saturated heterocycles. The van der Waals surface area contributed by atoms with Gasteiger partial charge in [-0.1, -0.05) is 0 Å². The van der Waals surface area contributed by atoms with Gasteiger partial charge in [0.05, 0.1) is 6.61 Å². The molecule has 0 bridgehead atoms. The molecule has 0 aromatic rings. The lowest BCUT2D eigenvalue weighted by Crippen LogP contribution is -2.43. The van der Waals surface area contributed by atoms with Crippen LogP contribution in [0.25, 0.3) is 0 Å². The zero-order valence-electron chi connectivity index (χ0n) is 10.5. The SMILES string of the molecule is CCOC(=O)CN(C(=O)CC(C)N)C(C)C. The van der Waals surface area contributed by atoms with Gasteiger partial charge >= 0.3 is 5.97 Å². The summed E-state index contributed by atoms with van der Waals surface area (Å²) in [7, 11) is 0. The van der Waals surface area contributed by atoms with Gasteiger partial charge in [0.25, 0.3) is 0 Å². The average Bonchev–Trinajstić information content (AvgIpc) is 2.12. The van der Waals surface area contributed by atoms with Crippen molar-refractivity contribution in [1.82, 2.24) is 4.90 Å². The minimum Gasteiger partial charge on any atom is -0.465 e. The van der Waals surface area contributed by atoms with Crippen molar-refractivity contribution in [3.8, 4) is 0 Å². The molecule has 0 aliphatic carbocycles. The van der Waals surface area contributed by atoms with Gasteiger partial charge in [-0.3, -0.25) is 9.59 Å². The third-order valence-corrected chi connectivity index (χ3v) is 2.05. The van der Waals surface area contributed by atoms with E-state index in [1.54, 1.807) is 13.8 Å². The van der Waals surface area contributed by atoms with Crippen LogP contribution >= 0.6 is 0 Å². The molecule has 94 valence electrons. The Labute approximate surface area is 96.9 Å². The van der Waals surface area contributed by atoms with Gasteiger partial charge in [0.1, 0.15) is 6.54 Å². The van der Waals surface area contributed by atoms with Crippen molar-refractivity contribution in [1.29, 1.82) is 0 Å². The topological polar surface area (TPSA) is 72.6 Å². The maximum atomic E-state index is 11.8. The van der Waals surface area contributed by atoms with Crippen LogP contribution in [-0.4, -0.2) is 42.0 Å². The Morgan fingerprint density at radius 2 is 1.88 bits per heavy atom. The molecular weight excluding hydrogens is 208 g/mol. The number of amides is 1. The van der Waals surface area contributed by atoms with Crippen LogP contribution in [-0.2, 0) is 14.3 Å². The quantitative estimate of drug-likeness (QED) is 0.675. The van der Waals surface area contributed by atoms with E-state index in [2.05, 4.69) is 0 Å². The summed E-state index contributed by atoms with van der Waals surface area (Å²) in [6.07, 6.45) is 0.248. The molecule has 2 N–H and O–H groups in total. The van der Waals surface area contributed by atoms with Crippen molar-refractivity contribution < 1.29 is 14.3 Å². The standard InChI is InChI=1S/C11H22N2O3/c1-5-16-11(15)7-13(8(2)3)10(14)6-9(4)12/h8-9H,5-7,12H2,1-4H3. The highest BCUT2D eigenvalue weighted by atomic mass is 16.5. The largest absolute Gasteiger partial charge is 0.465 e. The fourth-order valence-electron chi connectivity index (χ4n) is 1.30. The van der Waals surface area contributed by atoms with Crippen LogP contribution in [0.3, 0.4) is 0 Å². The molecule has 0 heterocycles. The van der Waals surface area contributed by atoms with Gasteiger partial charge in [-0.05, 0) is 27.7 Å². The van der Waals surface area contributed by atoms with E-state index < -0.39 is 0 Å². The van der Waals surface area contributed by atoms with Crippen molar-refractivity contribution in [3.63, 3.8) is 0 Å². The van der Waals surface area contributed by atoms with Gasteiger partial charge in [-0.15, -0.1) is 0 Å². The molecule has 0 aromatic heterocycles. The first-order chi connectivity index (χ1) is 7.38. The number of hydrogen-bond donors (Lipinski definition) is 1. The summed E-state index contributed by atoms with van der Waals surface area (Å²) >= 11 is 0. The van der Waals surface area contributed by atoms with Gasteiger partial charge < -0.3 is 15.4 Å². The lowest BCUT2D eigenvalue weighted by Gasteiger charge is -2.26. The normalized spacial score (nSPS) is 12.4. The number of hydrogen-bond acceptors (Lipinski definition) is 4. The van der Waals surface area contributed by atoms with E-state index in [1.165, 1.54) is 4.90 Å². The van der Waals surface area contributed by atoms with E-state index in [1.807, 2.05) is 13.8 Å². The summed E-state index contributed by atoms with van der Waals surface area (Å²) in [5.74, 6) is -0.493. The smallest absolute Gasteiger partial charge is 0.325 e. The molecule has 5 nitrogen and oxygen atoms in total. The Kier molecular flexibility index (Phi) is 6.72. The van der Waals surface area contributed by atoms with E-state index in [0.29, 0.717) is 6.61 Å². The molecule has 0 aliphatic rings. The maximum Gasteiger partial charge on any atom is 0.325 e. The van der Waals surface area contributed by atoms with Gasteiger partial charge in [-0.25, -0.2) is 0 Å². The molecule has 0 spiro atoms. The highest BCUT2D eigenvalue weighted by molar-refractivity contribution is 5.82. The van der Waals surface area contributed by atoms with Crippen LogP contribution in [0.15, 0.2) is 0 Å². The van der Waals surface area contributed by atoms with E-state index in [9.17, 15) is 9.59 Å². The number of esters is 1. The predicted molar refractivity (Wildman–Crippen MR) is 61.7 cm³/mol. The van der Waals surface area contributed by atoms with Crippen molar-refractivity contribution in [3.05, 3.63) is 0 Å². The molecule has 1 unspecified atom stereocenters. The Bertz CT molecular complexity index is 239. The van der Waals surface area contributed by atoms with E-state index in [0.717, 1.165) is 0 Å². The summed E-state index contributed by atoms with van der Waals surface area (Å²) in [5.41, 5.74) is 5.56. The van der Waals surface area contributed by atoms with Crippen molar-refractivity contribution in [2.45, 2.75) is 46.2 Å². The van der Waals surface area contributed by atoms with E-state index in [-0.39, 0.29) is 36.9 Å². The second-order valence-electron chi connectivity index (χ2n) is 4.10. The molecule has 0 aliphatic heterocycles. The molecule has 1 atom stereocenters. The third kappa shape index (κ3) is 5.70. The molecule has 0 fully saturated rings. The monoisotopic (exact) mass is 230 g/mol. The van der Waals surface area contributed by atoms with Crippen LogP contribution in [0, 0.1) is 0 Å². The van der Waals surface area contributed by atoms with Crippen LogP contribution in [0.1, 0.15) is 34.1 Å². The maximum absolute atomic E-state index is 11.8. The Morgan fingerprint density at radius 1 is 1.31 bits per heavy atom. The highest BCUT2D eigenvalue weighted by Gasteiger charge is 2.21. The van der Waals surface area contributed by atoms with Gasteiger partial charge in [0, 0.05) is 18.5 Å². The number of carbonyl (C=O) groups is 2. The number of rotatable bonds is 6. The fraction of sp³-hybridized carbons (Fsp3) is 0.818. The predicted octanol–water partition coefficient (Wildman–Crippen LogP) is 0.524. The van der Waals surface area contributed by atoms with Crippen molar-refractivity contribution in [2.75, 3.05) is 13.2 Å². The summed E-state index contributed by atoms with van der Waals surface area (Å²) in [5, 5.41) is 0. The van der Waals surface area contributed by atoms with E-state index >= 15 is 0 Å². The molecule has 16 heavy (non-hydrogen) atoms. The Balaban J connectivity index is 4.38. The Hall–Kier alpha value is -1.10. The number of carbonyl (C=O) groups excluding carboxylic acids is 2. The zero-order chi connectivity index (χ0) is 12.7. The van der Waals surface area contributed by atoms with Crippen molar-refractivity contribution >= 4 is 11.9 Å². The molecule has 0 radical (unpaired) electrons. The Morgan fingerprint density at radius 3 is 2.25 bits per heavy atom. The van der Waals surface area contributed by atoms with Gasteiger partial charge in [0.15, 0.2) is 0 Å². The first-order valence-electron chi connectivity index (χ1n) is 5.59. The minimum absolute atomic E-state index is 0.00292. The number of ether oxygens (including phenoxy) is 1. The third-order valence-electron chi connectivity index (χ3n) is 2.05. The molecule has 0 saturated carbocycles. The van der Waals surface area contributed by atoms with Crippen LogP contribution < -0.4 is 5.73 Å². The highest BCUT2D eigenvalue weighted by Crippen LogP contribution is 2.03. The molecule has 5 heteroatoms. The van der Waals surface area contributed by atoms with Gasteiger partial charge in [0.2, 0.25) is 5.91 Å². The van der Waals surface area contributed by atoms with Gasteiger partial charge in [-0.2, -0.15) is 0 Å².